The lowest BCUT2D eigenvalue weighted by molar-refractivity contribution is -0.140. The highest BCUT2D eigenvalue weighted by Gasteiger charge is 2.35. The van der Waals surface area contributed by atoms with Crippen LogP contribution in [0.15, 0.2) is 82.6 Å². The molecule has 11 heteroatoms. The first-order valence-electron chi connectivity index (χ1n) is 14.7. The molecule has 0 radical (unpaired) electrons. The van der Waals surface area contributed by atoms with E-state index in [-0.39, 0.29) is 29.1 Å². The van der Waals surface area contributed by atoms with Crippen LogP contribution in [0, 0.1) is 0 Å². The molecule has 0 bridgehead atoms. The van der Waals surface area contributed by atoms with E-state index in [1.54, 1.807) is 62.6 Å². The second-order valence-electron chi connectivity index (χ2n) is 10.2. The van der Waals surface area contributed by atoms with Crippen molar-refractivity contribution in [3.8, 4) is 11.5 Å². The number of methoxy groups -OCH3 is 1. The van der Waals surface area contributed by atoms with E-state index in [0.29, 0.717) is 24.5 Å². The lowest BCUT2D eigenvalue weighted by atomic mass is 10.1. The molecule has 0 fully saturated rings. The maximum atomic E-state index is 14.3. The highest BCUT2D eigenvalue weighted by molar-refractivity contribution is 7.98. The van der Waals surface area contributed by atoms with Gasteiger partial charge in [-0.15, -0.1) is 11.8 Å². The number of amides is 2. The number of para-hydroxylation sites is 2. The van der Waals surface area contributed by atoms with Crippen molar-refractivity contribution in [2.75, 3.05) is 30.8 Å². The first-order valence-corrected chi connectivity index (χ1v) is 17.4. The molecule has 44 heavy (non-hydrogen) atoms. The number of thioether (sulfide) groups is 1. The Morgan fingerprint density at radius 1 is 0.932 bits per heavy atom. The summed E-state index contributed by atoms with van der Waals surface area (Å²) in [6.07, 6.45) is 2.97. The van der Waals surface area contributed by atoms with Gasteiger partial charge in [0.1, 0.15) is 24.1 Å². The summed E-state index contributed by atoms with van der Waals surface area (Å²) in [5, 5.41) is 2.99. The van der Waals surface area contributed by atoms with Crippen molar-refractivity contribution < 1.29 is 27.5 Å². The lowest BCUT2D eigenvalue weighted by Gasteiger charge is -2.34. The van der Waals surface area contributed by atoms with Gasteiger partial charge < -0.3 is 19.7 Å². The van der Waals surface area contributed by atoms with Crippen molar-refractivity contribution in [1.82, 2.24) is 10.2 Å². The second kappa shape index (κ2) is 16.4. The molecule has 9 nitrogen and oxygen atoms in total. The Morgan fingerprint density at radius 3 is 2.16 bits per heavy atom. The largest absolute Gasteiger partial charge is 0.497 e. The highest BCUT2D eigenvalue weighted by Crippen LogP contribution is 2.33. The minimum atomic E-state index is -4.23. The number of ether oxygens (including phenoxy) is 2. The number of benzene rings is 3. The third-order valence-electron chi connectivity index (χ3n) is 7.26. The number of nitrogens with one attached hydrogen (secondary N) is 1. The fraction of sp³-hybridized carbons (Fsp3) is 0.394. The van der Waals surface area contributed by atoms with E-state index in [0.717, 1.165) is 21.2 Å². The van der Waals surface area contributed by atoms with Crippen LogP contribution in [0.25, 0.3) is 0 Å². The van der Waals surface area contributed by atoms with Crippen LogP contribution in [-0.2, 0) is 26.2 Å². The molecule has 3 aromatic rings. The van der Waals surface area contributed by atoms with E-state index in [2.05, 4.69) is 5.32 Å². The molecule has 0 spiro atoms. The molecular formula is C33H43N3O6S2. The van der Waals surface area contributed by atoms with Gasteiger partial charge in [0.25, 0.3) is 10.0 Å². The summed E-state index contributed by atoms with van der Waals surface area (Å²) in [5.41, 5.74) is 1.00. The zero-order valence-corrected chi connectivity index (χ0v) is 27.9. The smallest absolute Gasteiger partial charge is 0.264 e. The third kappa shape index (κ3) is 8.69. The van der Waals surface area contributed by atoms with Gasteiger partial charge in [-0.1, -0.05) is 38.1 Å². The van der Waals surface area contributed by atoms with E-state index in [4.69, 9.17) is 9.47 Å². The van der Waals surface area contributed by atoms with Gasteiger partial charge in [-0.2, -0.15) is 0 Å². The van der Waals surface area contributed by atoms with Crippen LogP contribution in [0.1, 0.15) is 46.1 Å². The number of rotatable bonds is 16. The van der Waals surface area contributed by atoms with E-state index < -0.39 is 28.5 Å². The SMILES string of the molecule is CCOc1ccccc1N(CC(=O)N(Cc1ccc(OC)cc1)[C@H](CC)C(=O)N[C@H](C)CC)S(=O)(=O)c1ccc(SC)cc1. The molecule has 3 aromatic carbocycles. The molecule has 238 valence electrons. The van der Waals surface area contributed by atoms with Crippen molar-refractivity contribution in [2.45, 2.75) is 69.0 Å². The summed E-state index contributed by atoms with van der Waals surface area (Å²) in [4.78, 5) is 30.2. The Balaban J connectivity index is 2.11. The Kier molecular flexibility index (Phi) is 13.0. The molecule has 0 aromatic heterocycles. The lowest BCUT2D eigenvalue weighted by Crippen LogP contribution is -2.53. The van der Waals surface area contributed by atoms with Gasteiger partial charge in [-0.3, -0.25) is 13.9 Å². The highest BCUT2D eigenvalue weighted by atomic mass is 32.2. The Labute approximate surface area is 266 Å². The summed E-state index contributed by atoms with van der Waals surface area (Å²) < 4.78 is 40.6. The monoisotopic (exact) mass is 641 g/mol. The molecular weight excluding hydrogens is 599 g/mol. The predicted molar refractivity (Wildman–Crippen MR) is 176 cm³/mol. The molecule has 0 aliphatic rings. The van der Waals surface area contributed by atoms with Crippen molar-refractivity contribution >= 4 is 39.3 Å². The van der Waals surface area contributed by atoms with Gasteiger partial charge in [-0.25, -0.2) is 8.42 Å². The zero-order chi connectivity index (χ0) is 32.3. The molecule has 0 saturated heterocycles. The molecule has 3 rings (SSSR count). The molecule has 1 N–H and O–H groups in total. The maximum absolute atomic E-state index is 14.3. The standard InChI is InChI=1S/C33H43N3O6S2/c1-7-24(4)34-33(38)29(8-2)35(22-25-14-16-26(41-5)17-15-25)32(37)23-36(30-12-10-11-13-31(30)42-9-3)44(39,40)28-20-18-27(43-6)19-21-28/h10-21,24,29H,7-9,22-23H2,1-6H3,(H,34,38)/t24-,29-/m1/s1. The Hall–Kier alpha value is -3.70. The van der Waals surface area contributed by atoms with Crippen molar-refractivity contribution in [3.05, 3.63) is 78.4 Å². The summed E-state index contributed by atoms with van der Waals surface area (Å²) in [6, 6.07) is 19.6. The number of carbonyl (C=O) groups excluding carboxylic acids is 2. The van der Waals surface area contributed by atoms with E-state index in [1.807, 2.05) is 39.2 Å². The number of hydrogen-bond acceptors (Lipinski definition) is 7. The fourth-order valence-corrected chi connectivity index (χ4v) is 6.45. The molecule has 0 aliphatic carbocycles. The van der Waals surface area contributed by atoms with Gasteiger partial charge in [0.15, 0.2) is 0 Å². The number of carbonyl (C=O) groups is 2. The van der Waals surface area contributed by atoms with Crippen LogP contribution in [-0.4, -0.2) is 63.7 Å². The zero-order valence-electron chi connectivity index (χ0n) is 26.3. The first kappa shape index (κ1) is 34.8. The average Bonchev–Trinajstić information content (AvgIpc) is 3.04. The summed E-state index contributed by atoms with van der Waals surface area (Å²) >= 11 is 1.50. The van der Waals surface area contributed by atoms with Crippen LogP contribution in [0.5, 0.6) is 11.5 Å². The van der Waals surface area contributed by atoms with E-state index in [9.17, 15) is 18.0 Å². The third-order valence-corrected chi connectivity index (χ3v) is 9.78. The summed E-state index contributed by atoms with van der Waals surface area (Å²) in [6.45, 7) is 7.37. The Morgan fingerprint density at radius 2 is 1.59 bits per heavy atom. The number of sulfonamides is 1. The topological polar surface area (TPSA) is 105 Å². The predicted octanol–water partition coefficient (Wildman–Crippen LogP) is 5.73. The van der Waals surface area contributed by atoms with Crippen LogP contribution in [0.2, 0.25) is 0 Å². The number of hydrogen-bond donors (Lipinski definition) is 1. The summed E-state index contributed by atoms with van der Waals surface area (Å²) in [7, 11) is -2.66. The molecule has 2 atom stereocenters. The van der Waals surface area contributed by atoms with Crippen molar-refractivity contribution in [1.29, 1.82) is 0 Å². The molecule has 0 unspecified atom stereocenters. The fourth-order valence-electron chi connectivity index (χ4n) is 4.62. The van der Waals surface area contributed by atoms with E-state index >= 15 is 0 Å². The minimum Gasteiger partial charge on any atom is -0.497 e. The van der Waals surface area contributed by atoms with Crippen molar-refractivity contribution in [3.63, 3.8) is 0 Å². The first-order chi connectivity index (χ1) is 21.1. The van der Waals surface area contributed by atoms with Crippen LogP contribution >= 0.6 is 11.8 Å². The normalized spacial score (nSPS) is 12.6. The van der Waals surface area contributed by atoms with Crippen LogP contribution < -0.4 is 19.1 Å². The Bertz CT molecular complexity index is 1480. The number of nitrogens with zero attached hydrogens (tertiary/aromatic N) is 2. The summed E-state index contributed by atoms with van der Waals surface area (Å²) in [5.74, 6) is 0.170. The van der Waals surface area contributed by atoms with Crippen LogP contribution in [0.4, 0.5) is 5.69 Å². The minimum absolute atomic E-state index is 0.0395. The molecule has 0 aliphatic heterocycles. The second-order valence-corrected chi connectivity index (χ2v) is 12.9. The van der Waals surface area contributed by atoms with Gasteiger partial charge >= 0.3 is 0 Å². The van der Waals surface area contributed by atoms with Crippen LogP contribution in [0.3, 0.4) is 0 Å². The van der Waals surface area contributed by atoms with E-state index in [1.165, 1.54) is 28.8 Å². The van der Waals surface area contributed by atoms with Gasteiger partial charge in [-0.05, 0) is 87.0 Å². The van der Waals surface area contributed by atoms with Crippen molar-refractivity contribution in [2.24, 2.45) is 0 Å². The molecule has 0 heterocycles. The molecule has 2 amide bonds. The van der Waals surface area contributed by atoms with Gasteiger partial charge in [0.2, 0.25) is 11.8 Å². The quantitative estimate of drug-likeness (QED) is 0.199. The number of anilines is 1. The van der Waals surface area contributed by atoms with Gasteiger partial charge in [0.05, 0.1) is 24.3 Å². The van der Waals surface area contributed by atoms with Gasteiger partial charge in [0, 0.05) is 17.5 Å². The average molecular weight is 642 g/mol. The molecule has 0 saturated carbocycles. The maximum Gasteiger partial charge on any atom is 0.264 e.